The lowest BCUT2D eigenvalue weighted by atomic mass is 10.2. The number of aromatic amines is 1. The average molecular weight is 385 g/mol. The van der Waals surface area contributed by atoms with Crippen LogP contribution in [0, 0.1) is 4.77 Å². The Bertz CT molecular complexity index is 981. The van der Waals surface area contributed by atoms with E-state index in [0.29, 0.717) is 23.0 Å². The number of ether oxygens (including phenoxy) is 2. The van der Waals surface area contributed by atoms with Crippen LogP contribution in [0.15, 0.2) is 42.6 Å². The van der Waals surface area contributed by atoms with Crippen LogP contribution in [0.1, 0.15) is 5.56 Å². The summed E-state index contributed by atoms with van der Waals surface area (Å²) in [6.07, 6.45) is 1.63. The third kappa shape index (κ3) is 4.50. The van der Waals surface area contributed by atoms with Crippen molar-refractivity contribution in [1.82, 2.24) is 25.1 Å². The fourth-order valence-corrected chi connectivity index (χ4v) is 2.69. The molecule has 0 saturated heterocycles. The maximum Gasteiger partial charge on any atom is 0.240 e. The van der Waals surface area contributed by atoms with Gasteiger partial charge in [-0.05, 0) is 48.1 Å². The SMILES string of the molecule is COc1ccc(-c2n[nH]c(=S)n2CC(=O)NCc2ccnc(OC)c2)cc1. The van der Waals surface area contributed by atoms with Gasteiger partial charge in [0, 0.05) is 24.4 Å². The summed E-state index contributed by atoms with van der Waals surface area (Å²) in [4.78, 5) is 16.4. The minimum absolute atomic E-state index is 0.0545. The molecule has 3 rings (SSSR count). The Balaban J connectivity index is 1.70. The summed E-state index contributed by atoms with van der Waals surface area (Å²) in [5.41, 5.74) is 1.72. The monoisotopic (exact) mass is 385 g/mol. The molecule has 27 heavy (non-hydrogen) atoms. The Morgan fingerprint density at radius 2 is 2.00 bits per heavy atom. The molecular formula is C18H19N5O3S. The molecule has 9 heteroatoms. The second-order valence-electron chi connectivity index (χ2n) is 5.65. The van der Waals surface area contributed by atoms with Gasteiger partial charge in [-0.25, -0.2) is 4.98 Å². The van der Waals surface area contributed by atoms with Crippen LogP contribution >= 0.6 is 12.2 Å². The van der Waals surface area contributed by atoms with Gasteiger partial charge in [-0.15, -0.1) is 0 Å². The smallest absolute Gasteiger partial charge is 0.240 e. The lowest BCUT2D eigenvalue weighted by molar-refractivity contribution is -0.121. The lowest BCUT2D eigenvalue weighted by Crippen LogP contribution is -2.27. The van der Waals surface area contributed by atoms with Gasteiger partial charge in [0.05, 0.1) is 14.2 Å². The van der Waals surface area contributed by atoms with E-state index in [0.717, 1.165) is 16.9 Å². The molecule has 3 aromatic rings. The standard InChI is InChI=1S/C18H19N5O3S/c1-25-14-5-3-13(4-6-14)17-21-22-18(27)23(17)11-15(24)20-10-12-7-8-19-16(9-12)26-2/h3-9H,10-11H2,1-2H3,(H,20,24)(H,22,27). The van der Waals surface area contributed by atoms with Crippen molar-refractivity contribution < 1.29 is 14.3 Å². The van der Waals surface area contributed by atoms with Crippen molar-refractivity contribution in [1.29, 1.82) is 0 Å². The second kappa shape index (κ2) is 8.45. The number of aromatic nitrogens is 4. The number of hydrogen-bond acceptors (Lipinski definition) is 6. The van der Waals surface area contributed by atoms with Crippen LogP contribution in [0.4, 0.5) is 0 Å². The number of amides is 1. The Labute approximate surface area is 161 Å². The van der Waals surface area contributed by atoms with Gasteiger partial charge in [-0.1, -0.05) is 0 Å². The van der Waals surface area contributed by atoms with E-state index in [1.54, 1.807) is 31.0 Å². The third-order valence-electron chi connectivity index (χ3n) is 3.91. The molecule has 0 atom stereocenters. The van der Waals surface area contributed by atoms with E-state index >= 15 is 0 Å². The molecule has 0 fully saturated rings. The first-order valence-electron chi connectivity index (χ1n) is 8.16. The highest BCUT2D eigenvalue weighted by Gasteiger charge is 2.12. The Kier molecular flexibility index (Phi) is 5.82. The molecule has 0 spiro atoms. The van der Waals surface area contributed by atoms with Crippen molar-refractivity contribution >= 4 is 18.1 Å². The van der Waals surface area contributed by atoms with Gasteiger partial charge < -0.3 is 14.8 Å². The van der Waals surface area contributed by atoms with Gasteiger partial charge in [0.2, 0.25) is 11.8 Å². The first-order valence-corrected chi connectivity index (χ1v) is 8.57. The predicted octanol–water partition coefficient (Wildman–Crippen LogP) is 2.34. The number of nitrogens with zero attached hydrogens (tertiary/aromatic N) is 3. The molecule has 1 aromatic carbocycles. The molecule has 140 valence electrons. The number of nitrogens with one attached hydrogen (secondary N) is 2. The molecule has 0 bridgehead atoms. The Morgan fingerprint density at radius 3 is 2.70 bits per heavy atom. The number of hydrogen-bond donors (Lipinski definition) is 2. The van der Waals surface area contributed by atoms with Crippen LogP contribution < -0.4 is 14.8 Å². The number of carbonyl (C=O) groups is 1. The van der Waals surface area contributed by atoms with Crippen molar-refractivity contribution in [2.45, 2.75) is 13.1 Å². The van der Waals surface area contributed by atoms with Crippen LogP contribution in [-0.2, 0) is 17.9 Å². The van der Waals surface area contributed by atoms with E-state index in [1.807, 2.05) is 30.3 Å². The third-order valence-corrected chi connectivity index (χ3v) is 4.22. The predicted molar refractivity (Wildman–Crippen MR) is 102 cm³/mol. The van der Waals surface area contributed by atoms with E-state index in [-0.39, 0.29) is 12.5 Å². The van der Waals surface area contributed by atoms with Crippen molar-refractivity contribution in [3.8, 4) is 23.0 Å². The lowest BCUT2D eigenvalue weighted by Gasteiger charge is -2.09. The largest absolute Gasteiger partial charge is 0.497 e. The molecule has 0 saturated carbocycles. The van der Waals surface area contributed by atoms with Crippen molar-refractivity contribution in [2.75, 3.05) is 14.2 Å². The number of rotatable bonds is 7. The molecule has 0 aliphatic carbocycles. The van der Waals surface area contributed by atoms with E-state index < -0.39 is 0 Å². The molecule has 8 nitrogen and oxygen atoms in total. The van der Waals surface area contributed by atoms with Crippen molar-refractivity contribution in [3.05, 3.63) is 52.9 Å². The quantitative estimate of drug-likeness (QED) is 0.606. The zero-order chi connectivity index (χ0) is 19.2. The van der Waals surface area contributed by atoms with Gasteiger partial charge in [0.15, 0.2) is 10.6 Å². The molecule has 0 radical (unpaired) electrons. The van der Waals surface area contributed by atoms with Crippen LogP contribution in [0.5, 0.6) is 11.6 Å². The maximum atomic E-state index is 12.4. The summed E-state index contributed by atoms with van der Waals surface area (Å²) >= 11 is 5.27. The van der Waals surface area contributed by atoms with Gasteiger partial charge >= 0.3 is 0 Å². The molecular weight excluding hydrogens is 366 g/mol. The highest BCUT2D eigenvalue weighted by molar-refractivity contribution is 7.71. The van der Waals surface area contributed by atoms with Crippen LogP contribution in [0.3, 0.4) is 0 Å². The normalized spacial score (nSPS) is 10.4. The first-order chi connectivity index (χ1) is 13.1. The second-order valence-corrected chi connectivity index (χ2v) is 6.04. The Hall–Kier alpha value is -3.20. The highest BCUT2D eigenvalue weighted by atomic mass is 32.1. The number of benzene rings is 1. The van der Waals surface area contributed by atoms with Crippen LogP contribution in [0.25, 0.3) is 11.4 Å². The van der Waals surface area contributed by atoms with Crippen molar-refractivity contribution in [2.24, 2.45) is 0 Å². The minimum Gasteiger partial charge on any atom is -0.497 e. The summed E-state index contributed by atoms with van der Waals surface area (Å²) < 4.78 is 12.3. The summed E-state index contributed by atoms with van der Waals surface area (Å²) in [5, 5.41) is 9.84. The number of methoxy groups -OCH3 is 2. The van der Waals surface area contributed by atoms with E-state index in [4.69, 9.17) is 21.7 Å². The number of carbonyl (C=O) groups excluding carboxylic acids is 1. The summed E-state index contributed by atoms with van der Waals surface area (Å²) in [7, 11) is 3.15. The molecule has 2 heterocycles. The van der Waals surface area contributed by atoms with Crippen LogP contribution in [-0.4, -0.2) is 39.9 Å². The van der Waals surface area contributed by atoms with Gasteiger partial charge in [-0.2, -0.15) is 5.10 Å². The molecule has 0 aliphatic heterocycles. The summed E-state index contributed by atoms with van der Waals surface area (Å²) in [6.45, 7) is 0.416. The minimum atomic E-state index is -0.182. The molecule has 0 unspecified atom stereocenters. The Morgan fingerprint density at radius 1 is 1.22 bits per heavy atom. The van der Waals surface area contributed by atoms with Crippen LogP contribution in [0.2, 0.25) is 0 Å². The van der Waals surface area contributed by atoms with E-state index in [9.17, 15) is 4.79 Å². The molecule has 2 aromatic heterocycles. The van der Waals surface area contributed by atoms with Gasteiger partial charge in [0.25, 0.3) is 0 Å². The molecule has 2 N–H and O–H groups in total. The fourth-order valence-electron chi connectivity index (χ4n) is 2.50. The number of pyridine rings is 1. The first kappa shape index (κ1) is 18.6. The summed E-state index contributed by atoms with van der Waals surface area (Å²) in [6, 6.07) is 11.0. The molecule has 1 amide bonds. The van der Waals surface area contributed by atoms with Gasteiger partial charge in [-0.3, -0.25) is 14.5 Å². The van der Waals surface area contributed by atoms with E-state index in [1.165, 1.54) is 0 Å². The zero-order valence-corrected chi connectivity index (χ0v) is 15.7. The fraction of sp³-hybridized carbons (Fsp3) is 0.222. The topological polar surface area (TPSA) is 94.1 Å². The van der Waals surface area contributed by atoms with Gasteiger partial charge in [0.1, 0.15) is 12.3 Å². The average Bonchev–Trinajstić information content (AvgIpc) is 3.07. The van der Waals surface area contributed by atoms with E-state index in [2.05, 4.69) is 20.5 Å². The maximum absolute atomic E-state index is 12.4. The highest BCUT2D eigenvalue weighted by Crippen LogP contribution is 2.20. The number of H-pyrrole nitrogens is 1. The van der Waals surface area contributed by atoms with Crippen molar-refractivity contribution in [3.63, 3.8) is 0 Å². The molecule has 0 aliphatic rings. The summed E-state index contributed by atoms with van der Waals surface area (Å²) in [5.74, 6) is 1.65. The zero-order valence-electron chi connectivity index (χ0n) is 14.9.